The van der Waals surface area contributed by atoms with Crippen LogP contribution in [0.5, 0.6) is 5.75 Å². The zero-order valence-corrected chi connectivity index (χ0v) is 8.73. The van der Waals surface area contributed by atoms with Crippen LogP contribution >= 0.6 is 0 Å². The van der Waals surface area contributed by atoms with Gasteiger partial charge < -0.3 is 5.11 Å². The van der Waals surface area contributed by atoms with Crippen molar-refractivity contribution in [3.05, 3.63) is 45.9 Å². The van der Waals surface area contributed by atoms with Gasteiger partial charge in [0.2, 0.25) is 0 Å². The van der Waals surface area contributed by atoms with Gasteiger partial charge in [0, 0.05) is 17.3 Å². The highest BCUT2D eigenvalue weighted by atomic mass is 16.3. The maximum Gasteiger partial charge on any atom is 0.267 e. The number of phenols is 1. The highest BCUT2D eigenvalue weighted by molar-refractivity contribution is 5.41. The van der Waals surface area contributed by atoms with Crippen LogP contribution in [0, 0.1) is 0 Å². The summed E-state index contributed by atoms with van der Waals surface area (Å²) in [7, 11) is 0. The van der Waals surface area contributed by atoms with E-state index in [0.29, 0.717) is 0 Å². The molecule has 1 aromatic heterocycles. The van der Waals surface area contributed by atoms with E-state index in [2.05, 4.69) is 5.10 Å². The predicted octanol–water partition coefficient (Wildman–Crippen LogP) is 1.36. The number of aromatic nitrogens is 2. The number of H-pyrrole nitrogens is 1. The van der Waals surface area contributed by atoms with E-state index in [1.807, 2.05) is 6.07 Å². The second-order valence-electron chi connectivity index (χ2n) is 4.07. The van der Waals surface area contributed by atoms with Gasteiger partial charge in [-0.25, -0.2) is 0 Å². The van der Waals surface area contributed by atoms with Crippen molar-refractivity contribution in [1.82, 2.24) is 9.78 Å². The molecule has 0 aliphatic heterocycles. The molecular formula is C12H12N2O2. The monoisotopic (exact) mass is 216 g/mol. The molecule has 82 valence electrons. The molecule has 1 aromatic carbocycles. The number of fused-ring (bicyclic) bond motifs is 1. The summed E-state index contributed by atoms with van der Waals surface area (Å²) in [6.45, 7) is 0. The van der Waals surface area contributed by atoms with Crippen molar-refractivity contribution in [1.29, 1.82) is 0 Å². The fraction of sp³-hybridized carbons (Fsp3) is 0.250. The molecule has 0 unspecified atom stereocenters. The van der Waals surface area contributed by atoms with Gasteiger partial charge in [0.1, 0.15) is 5.75 Å². The summed E-state index contributed by atoms with van der Waals surface area (Å²) in [5.41, 5.74) is 2.75. The number of nitrogens with zero attached hydrogens (tertiary/aromatic N) is 1. The molecule has 3 rings (SSSR count). The van der Waals surface area contributed by atoms with Gasteiger partial charge in [0.05, 0.1) is 5.69 Å². The first-order valence-corrected chi connectivity index (χ1v) is 5.38. The van der Waals surface area contributed by atoms with Gasteiger partial charge in [-0.2, -0.15) is 0 Å². The minimum absolute atomic E-state index is 0.00385. The maximum atomic E-state index is 11.7. The number of aromatic hydroxyl groups is 1. The highest BCUT2D eigenvalue weighted by Gasteiger charge is 2.20. The number of phenolic OH excluding ortho intramolecular Hbond substituents is 1. The van der Waals surface area contributed by atoms with Crippen molar-refractivity contribution in [3.63, 3.8) is 0 Å². The van der Waals surface area contributed by atoms with Gasteiger partial charge in [-0.05, 0) is 31.4 Å². The van der Waals surface area contributed by atoms with Gasteiger partial charge in [-0.15, -0.1) is 0 Å². The summed E-state index contributed by atoms with van der Waals surface area (Å²) in [6.07, 6.45) is 2.81. The number of nitrogens with one attached hydrogen (secondary N) is 1. The first kappa shape index (κ1) is 9.27. The summed E-state index contributed by atoms with van der Waals surface area (Å²) in [5, 5.41) is 12.2. The van der Waals surface area contributed by atoms with Crippen molar-refractivity contribution >= 4 is 0 Å². The Kier molecular flexibility index (Phi) is 1.89. The Morgan fingerprint density at radius 3 is 3.00 bits per heavy atom. The minimum atomic E-state index is -0.00385. The molecule has 0 saturated carbocycles. The van der Waals surface area contributed by atoms with E-state index in [0.717, 1.165) is 36.2 Å². The zero-order valence-electron chi connectivity index (χ0n) is 8.73. The lowest BCUT2D eigenvalue weighted by atomic mass is 10.2. The Bertz CT molecular complexity index is 595. The molecule has 0 saturated heterocycles. The third-order valence-corrected chi connectivity index (χ3v) is 3.03. The molecule has 0 bridgehead atoms. The van der Waals surface area contributed by atoms with Crippen LogP contribution in [0.25, 0.3) is 5.69 Å². The van der Waals surface area contributed by atoms with Crippen LogP contribution in [-0.4, -0.2) is 14.9 Å². The zero-order chi connectivity index (χ0) is 11.1. The first-order chi connectivity index (χ1) is 7.75. The molecule has 0 fully saturated rings. The average Bonchev–Trinajstić information content (AvgIpc) is 2.83. The van der Waals surface area contributed by atoms with Crippen LogP contribution in [0.2, 0.25) is 0 Å². The van der Waals surface area contributed by atoms with Crippen molar-refractivity contribution in [2.45, 2.75) is 19.3 Å². The molecule has 4 heteroatoms. The summed E-state index contributed by atoms with van der Waals surface area (Å²) in [5.74, 6) is 0.207. The predicted molar refractivity (Wildman–Crippen MR) is 60.1 cm³/mol. The number of aromatic amines is 1. The quantitative estimate of drug-likeness (QED) is 0.756. The molecule has 1 aliphatic rings. The van der Waals surface area contributed by atoms with Gasteiger partial charge in [0.25, 0.3) is 5.56 Å². The van der Waals surface area contributed by atoms with Crippen LogP contribution in [0.3, 0.4) is 0 Å². The van der Waals surface area contributed by atoms with E-state index in [-0.39, 0.29) is 11.3 Å². The Labute approximate surface area is 92.1 Å². The molecule has 1 aliphatic carbocycles. The summed E-state index contributed by atoms with van der Waals surface area (Å²) < 4.78 is 1.78. The van der Waals surface area contributed by atoms with Crippen LogP contribution in [0.15, 0.2) is 29.1 Å². The normalized spacial score (nSPS) is 14.0. The molecule has 4 nitrogen and oxygen atoms in total. The molecule has 0 radical (unpaired) electrons. The lowest BCUT2D eigenvalue weighted by Crippen LogP contribution is -2.07. The molecular weight excluding hydrogens is 204 g/mol. The first-order valence-electron chi connectivity index (χ1n) is 5.38. The van der Waals surface area contributed by atoms with Crippen LogP contribution in [0.4, 0.5) is 0 Å². The van der Waals surface area contributed by atoms with Crippen molar-refractivity contribution in [3.8, 4) is 11.4 Å². The topological polar surface area (TPSA) is 58.0 Å². The molecule has 16 heavy (non-hydrogen) atoms. The Morgan fingerprint density at radius 2 is 2.19 bits per heavy atom. The van der Waals surface area contributed by atoms with E-state index in [1.165, 1.54) is 0 Å². The average molecular weight is 216 g/mol. The molecule has 1 heterocycles. The minimum Gasteiger partial charge on any atom is -0.508 e. The molecule has 0 amide bonds. The van der Waals surface area contributed by atoms with Gasteiger partial charge in [-0.3, -0.25) is 14.6 Å². The SMILES string of the molecule is O=c1[nH]n(-c2cccc(O)c2)c2c1CCC2. The van der Waals surface area contributed by atoms with Crippen LogP contribution < -0.4 is 5.56 Å². The standard InChI is InChI=1S/C12H12N2O2/c15-9-4-1-3-8(7-9)14-11-6-2-5-10(11)12(16)13-14/h1,3-4,7,15H,2,5-6H2,(H,13,16). The summed E-state index contributed by atoms with van der Waals surface area (Å²) in [4.78, 5) is 11.7. The second kappa shape index (κ2) is 3.27. The Hall–Kier alpha value is -1.97. The summed E-state index contributed by atoms with van der Waals surface area (Å²) >= 11 is 0. The number of hydrogen-bond acceptors (Lipinski definition) is 2. The fourth-order valence-electron chi connectivity index (χ4n) is 2.31. The number of benzene rings is 1. The van der Waals surface area contributed by atoms with E-state index in [1.54, 1.807) is 22.9 Å². The molecule has 2 N–H and O–H groups in total. The van der Waals surface area contributed by atoms with Crippen LogP contribution in [0.1, 0.15) is 17.7 Å². The molecule has 2 aromatic rings. The third kappa shape index (κ3) is 1.26. The van der Waals surface area contributed by atoms with E-state index in [9.17, 15) is 9.90 Å². The fourth-order valence-corrected chi connectivity index (χ4v) is 2.31. The van der Waals surface area contributed by atoms with Crippen molar-refractivity contribution < 1.29 is 5.11 Å². The van der Waals surface area contributed by atoms with Gasteiger partial charge in [0.15, 0.2) is 0 Å². The summed E-state index contributed by atoms with van der Waals surface area (Å²) in [6, 6.07) is 6.90. The number of rotatable bonds is 1. The lowest BCUT2D eigenvalue weighted by Gasteiger charge is -2.06. The van der Waals surface area contributed by atoms with Crippen molar-refractivity contribution in [2.75, 3.05) is 0 Å². The Morgan fingerprint density at radius 1 is 1.31 bits per heavy atom. The Balaban J connectivity index is 2.21. The van der Waals surface area contributed by atoms with Crippen LogP contribution in [-0.2, 0) is 12.8 Å². The molecule has 0 spiro atoms. The maximum absolute atomic E-state index is 11.7. The largest absolute Gasteiger partial charge is 0.508 e. The van der Waals surface area contributed by atoms with Crippen molar-refractivity contribution in [2.24, 2.45) is 0 Å². The lowest BCUT2D eigenvalue weighted by molar-refractivity contribution is 0.474. The van der Waals surface area contributed by atoms with E-state index >= 15 is 0 Å². The van der Waals surface area contributed by atoms with E-state index < -0.39 is 0 Å². The number of hydrogen-bond donors (Lipinski definition) is 2. The van der Waals surface area contributed by atoms with Gasteiger partial charge >= 0.3 is 0 Å². The smallest absolute Gasteiger partial charge is 0.267 e. The van der Waals surface area contributed by atoms with Gasteiger partial charge in [-0.1, -0.05) is 6.07 Å². The molecule has 0 atom stereocenters. The third-order valence-electron chi connectivity index (χ3n) is 3.03. The highest BCUT2D eigenvalue weighted by Crippen LogP contribution is 2.22. The second-order valence-corrected chi connectivity index (χ2v) is 4.07. The van der Waals surface area contributed by atoms with E-state index in [4.69, 9.17) is 0 Å².